The van der Waals surface area contributed by atoms with Gasteiger partial charge >= 0.3 is 0 Å². The third-order valence-electron chi connectivity index (χ3n) is 4.39. The lowest BCUT2D eigenvalue weighted by atomic mass is 9.93. The molecule has 0 bridgehead atoms. The first-order chi connectivity index (χ1) is 9.05. The molecule has 1 saturated heterocycles. The van der Waals surface area contributed by atoms with Gasteiger partial charge in [0.2, 0.25) is 5.91 Å². The number of benzene rings is 1. The number of β-amino-alcohol motifs (C(OH)–C–C–N with tert-alkyl or cyclic N) is 1. The first kappa shape index (κ1) is 12.7. The Hall–Kier alpha value is -1.35. The second-order valence-electron chi connectivity index (χ2n) is 6.23. The highest BCUT2D eigenvalue weighted by molar-refractivity contribution is 5.80. The van der Waals surface area contributed by atoms with Crippen molar-refractivity contribution >= 4 is 5.91 Å². The average Bonchev–Trinajstić information content (AvgIpc) is 2.80. The van der Waals surface area contributed by atoms with Crippen LogP contribution in [0.15, 0.2) is 24.3 Å². The molecule has 3 heteroatoms. The highest BCUT2D eigenvalue weighted by Crippen LogP contribution is 2.29. The molecule has 3 rings (SSSR count). The molecular formula is C16H21NO2. The molecule has 0 radical (unpaired) electrons. The molecule has 1 fully saturated rings. The number of rotatable bonds is 1. The summed E-state index contributed by atoms with van der Waals surface area (Å²) >= 11 is 0. The molecule has 102 valence electrons. The standard InChI is InChI=1S/C16H21NO2/c1-16(19)7-4-8-17(11-16)15(18)14-9-12-5-2-3-6-13(12)10-14/h2-3,5-6,14,19H,4,7-11H2,1H3. The molecule has 19 heavy (non-hydrogen) atoms. The number of carbonyl (C=O) groups is 1. The molecule has 1 N–H and O–H groups in total. The molecule has 0 spiro atoms. The monoisotopic (exact) mass is 259 g/mol. The van der Waals surface area contributed by atoms with E-state index in [1.54, 1.807) is 0 Å². The molecule has 1 unspecified atom stereocenters. The Balaban J connectivity index is 1.70. The fourth-order valence-corrected chi connectivity index (χ4v) is 3.40. The van der Waals surface area contributed by atoms with Gasteiger partial charge in [0.05, 0.1) is 5.60 Å². The number of carbonyl (C=O) groups excluding carboxylic acids is 1. The summed E-state index contributed by atoms with van der Waals surface area (Å²) in [5.74, 6) is 0.294. The van der Waals surface area contributed by atoms with E-state index in [2.05, 4.69) is 12.1 Å². The van der Waals surface area contributed by atoms with Crippen LogP contribution in [0.4, 0.5) is 0 Å². The van der Waals surface area contributed by atoms with Gasteiger partial charge in [-0.15, -0.1) is 0 Å². The second-order valence-corrected chi connectivity index (χ2v) is 6.23. The molecule has 0 saturated carbocycles. The van der Waals surface area contributed by atoms with Crippen LogP contribution in [-0.4, -0.2) is 34.6 Å². The van der Waals surface area contributed by atoms with E-state index >= 15 is 0 Å². The number of likely N-dealkylation sites (tertiary alicyclic amines) is 1. The van der Waals surface area contributed by atoms with Crippen LogP contribution in [0.5, 0.6) is 0 Å². The minimum atomic E-state index is -0.709. The highest BCUT2D eigenvalue weighted by Gasteiger charge is 2.35. The molecular weight excluding hydrogens is 238 g/mol. The van der Waals surface area contributed by atoms with E-state index in [1.165, 1.54) is 11.1 Å². The van der Waals surface area contributed by atoms with Crippen molar-refractivity contribution in [1.29, 1.82) is 0 Å². The van der Waals surface area contributed by atoms with Gasteiger partial charge in [0, 0.05) is 19.0 Å². The van der Waals surface area contributed by atoms with Crippen molar-refractivity contribution < 1.29 is 9.90 Å². The lowest BCUT2D eigenvalue weighted by Gasteiger charge is -2.38. The van der Waals surface area contributed by atoms with Gasteiger partial charge in [-0.3, -0.25) is 4.79 Å². The van der Waals surface area contributed by atoms with Crippen molar-refractivity contribution in [3.05, 3.63) is 35.4 Å². The molecule has 1 heterocycles. The van der Waals surface area contributed by atoms with E-state index in [0.29, 0.717) is 6.54 Å². The Labute approximate surface area is 114 Å². The zero-order valence-electron chi connectivity index (χ0n) is 11.4. The summed E-state index contributed by atoms with van der Waals surface area (Å²) in [5, 5.41) is 10.1. The minimum Gasteiger partial charge on any atom is -0.388 e. The van der Waals surface area contributed by atoms with E-state index in [1.807, 2.05) is 24.0 Å². The molecule has 3 nitrogen and oxygen atoms in total. The summed E-state index contributed by atoms with van der Waals surface area (Å²) in [6, 6.07) is 8.32. The Morgan fingerprint density at radius 2 is 1.95 bits per heavy atom. The van der Waals surface area contributed by atoms with Crippen molar-refractivity contribution in [1.82, 2.24) is 4.90 Å². The van der Waals surface area contributed by atoms with E-state index in [0.717, 1.165) is 32.2 Å². The molecule has 0 aromatic heterocycles. The molecule has 1 aromatic carbocycles. The zero-order chi connectivity index (χ0) is 13.5. The summed E-state index contributed by atoms with van der Waals surface area (Å²) in [6.07, 6.45) is 3.40. The first-order valence-electron chi connectivity index (χ1n) is 7.13. The van der Waals surface area contributed by atoms with E-state index < -0.39 is 5.60 Å². The fourth-order valence-electron chi connectivity index (χ4n) is 3.40. The molecule has 1 amide bonds. The SMILES string of the molecule is CC1(O)CCCN(C(=O)C2Cc3ccccc3C2)C1. The quantitative estimate of drug-likeness (QED) is 0.835. The predicted octanol–water partition coefficient (Wildman–Crippen LogP) is 1.77. The Kier molecular flexibility index (Phi) is 3.09. The maximum Gasteiger partial charge on any atom is 0.226 e. The van der Waals surface area contributed by atoms with Crippen molar-refractivity contribution in [3.63, 3.8) is 0 Å². The summed E-state index contributed by atoms with van der Waals surface area (Å²) in [4.78, 5) is 14.4. The smallest absolute Gasteiger partial charge is 0.226 e. The van der Waals surface area contributed by atoms with Crippen molar-refractivity contribution in [2.24, 2.45) is 5.92 Å². The van der Waals surface area contributed by atoms with Gasteiger partial charge in [-0.2, -0.15) is 0 Å². The van der Waals surface area contributed by atoms with Crippen LogP contribution in [0, 0.1) is 5.92 Å². The number of aliphatic hydroxyl groups is 1. The van der Waals surface area contributed by atoms with Gasteiger partial charge in [0.1, 0.15) is 0 Å². The Morgan fingerprint density at radius 1 is 1.32 bits per heavy atom. The van der Waals surface area contributed by atoms with E-state index in [4.69, 9.17) is 0 Å². The van der Waals surface area contributed by atoms with Crippen LogP contribution >= 0.6 is 0 Å². The predicted molar refractivity (Wildman–Crippen MR) is 73.8 cm³/mol. The van der Waals surface area contributed by atoms with Crippen molar-refractivity contribution in [2.45, 2.75) is 38.2 Å². The largest absolute Gasteiger partial charge is 0.388 e. The average molecular weight is 259 g/mol. The molecule has 1 atom stereocenters. The van der Waals surface area contributed by atoms with Gasteiger partial charge in [0.25, 0.3) is 0 Å². The van der Waals surface area contributed by atoms with Gasteiger partial charge in [-0.05, 0) is 43.7 Å². The molecule has 2 aliphatic rings. The van der Waals surface area contributed by atoms with Crippen molar-refractivity contribution in [2.75, 3.05) is 13.1 Å². The maximum atomic E-state index is 12.6. The number of hydrogen-bond donors (Lipinski definition) is 1. The lowest BCUT2D eigenvalue weighted by Crippen LogP contribution is -2.50. The Morgan fingerprint density at radius 3 is 2.53 bits per heavy atom. The topological polar surface area (TPSA) is 40.5 Å². The van der Waals surface area contributed by atoms with Crippen LogP contribution < -0.4 is 0 Å². The number of hydrogen-bond acceptors (Lipinski definition) is 2. The number of piperidine rings is 1. The summed E-state index contributed by atoms with van der Waals surface area (Å²) < 4.78 is 0. The van der Waals surface area contributed by atoms with Crippen LogP contribution in [-0.2, 0) is 17.6 Å². The molecule has 1 aromatic rings. The highest BCUT2D eigenvalue weighted by atomic mass is 16.3. The van der Waals surface area contributed by atoms with Gasteiger partial charge in [0.15, 0.2) is 0 Å². The fraction of sp³-hybridized carbons (Fsp3) is 0.562. The van der Waals surface area contributed by atoms with E-state index in [9.17, 15) is 9.90 Å². The molecule has 1 aliphatic heterocycles. The lowest BCUT2D eigenvalue weighted by molar-refractivity contribution is -0.141. The maximum absolute atomic E-state index is 12.6. The number of nitrogens with zero attached hydrogens (tertiary/aromatic N) is 1. The van der Waals surface area contributed by atoms with Crippen LogP contribution in [0.1, 0.15) is 30.9 Å². The van der Waals surface area contributed by atoms with Gasteiger partial charge in [-0.1, -0.05) is 24.3 Å². The minimum absolute atomic E-state index is 0.0753. The normalized spacial score (nSPS) is 27.4. The van der Waals surface area contributed by atoms with Crippen LogP contribution in [0.25, 0.3) is 0 Å². The zero-order valence-corrected chi connectivity index (χ0v) is 11.4. The third-order valence-corrected chi connectivity index (χ3v) is 4.39. The third kappa shape index (κ3) is 2.52. The van der Waals surface area contributed by atoms with Crippen LogP contribution in [0.3, 0.4) is 0 Å². The summed E-state index contributed by atoms with van der Waals surface area (Å²) in [5.41, 5.74) is 1.91. The number of fused-ring (bicyclic) bond motifs is 1. The van der Waals surface area contributed by atoms with Gasteiger partial charge in [-0.25, -0.2) is 0 Å². The first-order valence-corrected chi connectivity index (χ1v) is 7.13. The van der Waals surface area contributed by atoms with Gasteiger partial charge < -0.3 is 10.0 Å². The Bertz CT molecular complexity index is 470. The number of amides is 1. The summed E-state index contributed by atoms with van der Waals surface area (Å²) in [6.45, 7) is 3.11. The summed E-state index contributed by atoms with van der Waals surface area (Å²) in [7, 11) is 0. The van der Waals surface area contributed by atoms with Crippen LogP contribution in [0.2, 0.25) is 0 Å². The molecule has 1 aliphatic carbocycles. The van der Waals surface area contributed by atoms with Crippen molar-refractivity contribution in [3.8, 4) is 0 Å². The second kappa shape index (κ2) is 4.64. The van der Waals surface area contributed by atoms with E-state index in [-0.39, 0.29) is 11.8 Å².